The summed E-state index contributed by atoms with van der Waals surface area (Å²) in [5.41, 5.74) is 0.671. The summed E-state index contributed by atoms with van der Waals surface area (Å²) in [6.45, 7) is 3.74. The van der Waals surface area contributed by atoms with Gasteiger partial charge < -0.3 is 9.64 Å². The van der Waals surface area contributed by atoms with Gasteiger partial charge in [-0.05, 0) is 43.0 Å². The number of ether oxygens (including phenoxy) is 1. The van der Waals surface area contributed by atoms with Gasteiger partial charge in [-0.1, -0.05) is 19.1 Å². The van der Waals surface area contributed by atoms with Gasteiger partial charge in [-0.15, -0.1) is 0 Å². The third-order valence-corrected chi connectivity index (χ3v) is 4.52. The number of benzene rings is 1. The first-order valence-corrected chi connectivity index (χ1v) is 9.30. The van der Waals surface area contributed by atoms with Crippen LogP contribution in [0.4, 0.5) is 4.39 Å². The van der Waals surface area contributed by atoms with Crippen molar-refractivity contribution >= 4 is 5.91 Å². The molecule has 2 heterocycles. The molecule has 0 saturated carbocycles. The van der Waals surface area contributed by atoms with Crippen LogP contribution in [0.1, 0.15) is 42.2 Å². The number of hydrogen-bond donors (Lipinski definition) is 0. The van der Waals surface area contributed by atoms with Gasteiger partial charge in [-0.25, -0.2) is 9.07 Å². The number of nitrogens with zero attached hydrogens (tertiary/aromatic N) is 3. The van der Waals surface area contributed by atoms with Crippen LogP contribution in [0.2, 0.25) is 0 Å². The molecule has 0 aliphatic carbocycles. The van der Waals surface area contributed by atoms with Crippen molar-refractivity contribution in [2.24, 2.45) is 0 Å². The van der Waals surface area contributed by atoms with E-state index in [-0.39, 0.29) is 35.6 Å². The van der Waals surface area contributed by atoms with E-state index in [0.717, 1.165) is 19.3 Å². The number of rotatable bonds is 7. The molecule has 1 saturated heterocycles. The van der Waals surface area contributed by atoms with Gasteiger partial charge >= 0.3 is 0 Å². The van der Waals surface area contributed by atoms with E-state index in [1.807, 2.05) is 6.92 Å². The molecule has 1 aromatic carbocycles. The summed E-state index contributed by atoms with van der Waals surface area (Å²) in [5, 5.41) is 4.21. The van der Waals surface area contributed by atoms with Crippen molar-refractivity contribution in [3.8, 4) is 0 Å². The number of aromatic nitrogens is 2. The minimum atomic E-state index is -0.341. The molecule has 144 valence electrons. The highest BCUT2D eigenvalue weighted by atomic mass is 19.1. The Morgan fingerprint density at radius 3 is 2.93 bits per heavy atom. The Morgan fingerprint density at radius 2 is 2.22 bits per heavy atom. The highest BCUT2D eigenvalue weighted by Crippen LogP contribution is 2.17. The Balaban J connectivity index is 1.85. The first-order chi connectivity index (χ1) is 13.1. The zero-order chi connectivity index (χ0) is 19.2. The minimum absolute atomic E-state index is 0.0379. The van der Waals surface area contributed by atoms with Crippen LogP contribution in [0.5, 0.6) is 0 Å². The third kappa shape index (κ3) is 5.01. The molecule has 1 aliphatic rings. The van der Waals surface area contributed by atoms with E-state index >= 15 is 0 Å². The van der Waals surface area contributed by atoms with E-state index < -0.39 is 0 Å². The lowest BCUT2D eigenvalue weighted by atomic mass is 10.1. The smallest absolute Gasteiger partial charge is 0.274 e. The maximum atomic E-state index is 13.6. The molecule has 0 N–H and O–H groups in total. The maximum Gasteiger partial charge on any atom is 0.274 e. The van der Waals surface area contributed by atoms with Crippen molar-refractivity contribution in [1.82, 2.24) is 14.7 Å². The maximum absolute atomic E-state index is 13.6. The van der Waals surface area contributed by atoms with Gasteiger partial charge in [0.15, 0.2) is 0 Å². The molecule has 1 fully saturated rings. The lowest BCUT2D eigenvalue weighted by molar-refractivity contribution is 0.0500. The third-order valence-electron chi connectivity index (χ3n) is 4.52. The fraction of sp³-hybridized carbons (Fsp3) is 0.450. The van der Waals surface area contributed by atoms with Crippen molar-refractivity contribution in [2.45, 2.75) is 45.4 Å². The van der Waals surface area contributed by atoms with Gasteiger partial charge in [-0.2, -0.15) is 5.10 Å². The first kappa shape index (κ1) is 19.2. The topological polar surface area (TPSA) is 64.4 Å². The van der Waals surface area contributed by atoms with Gasteiger partial charge in [0, 0.05) is 32.3 Å². The van der Waals surface area contributed by atoms with Crippen LogP contribution in [-0.2, 0) is 17.8 Å². The van der Waals surface area contributed by atoms with E-state index in [9.17, 15) is 14.0 Å². The van der Waals surface area contributed by atoms with Crippen molar-refractivity contribution in [2.75, 3.05) is 13.2 Å². The molecular weight excluding hydrogens is 349 g/mol. The van der Waals surface area contributed by atoms with Crippen LogP contribution in [0.3, 0.4) is 0 Å². The zero-order valence-electron chi connectivity index (χ0n) is 15.4. The van der Waals surface area contributed by atoms with Crippen LogP contribution in [0.25, 0.3) is 0 Å². The molecular formula is C20H24FN3O3. The van der Waals surface area contributed by atoms with Crippen LogP contribution in [0.15, 0.2) is 41.2 Å². The Kier molecular flexibility index (Phi) is 6.34. The molecule has 1 aromatic heterocycles. The molecule has 7 heteroatoms. The monoisotopic (exact) mass is 373 g/mol. The summed E-state index contributed by atoms with van der Waals surface area (Å²) < 4.78 is 20.5. The second-order valence-corrected chi connectivity index (χ2v) is 6.73. The van der Waals surface area contributed by atoms with Crippen molar-refractivity contribution in [3.63, 3.8) is 0 Å². The lowest BCUT2D eigenvalue weighted by Crippen LogP contribution is -2.38. The summed E-state index contributed by atoms with van der Waals surface area (Å²) in [6, 6.07) is 9.01. The largest absolute Gasteiger partial charge is 0.376 e. The summed E-state index contributed by atoms with van der Waals surface area (Å²) in [7, 11) is 0. The number of carbonyl (C=O) groups is 1. The molecule has 1 atom stereocenters. The van der Waals surface area contributed by atoms with Crippen LogP contribution in [-0.4, -0.2) is 39.8 Å². The average Bonchev–Trinajstić information content (AvgIpc) is 3.16. The molecule has 0 radical (unpaired) electrons. The molecule has 6 nitrogen and oxygen atoms in total. The normalized spacial score (nSPS) is 16.4. The van der Waals surface area contributed by atoms with Crippen LogP contribution in [0, 0.1) is 5.82 Å². The first-order valence-electron chi connectivity index (χ1n) is 9.30. The molecule has 1 unspecified atom stereocenters. The Labute approximate surface area is 157 Å². The molecule has 0 spiro atoms. The summed E-state index contributed by atoms with van der Waals surface area (Å²) in [4.78, 5) is 26.6. The second kappa shape index (κ2) is 8.90. The quantitative estimate of drug-likeness (QED) is 0.748. The van der Waals surface area contributed by atoms with E-state index in [4.69, 9.17) is 4.74 Å². The van der Waals surface area contributed by atoms with Gasteiger partial charge in [-0.3, -0.25) is 9.59 Å². The Morgan fingerprint density at radius 1 is 1.37 bits per heavy atom. The van der Waals surface area contributed by atoms with Gasteiger partial charge in [0.1, 0.15) is 11.5 Å². The van der Waals surface area contributed by atoms with E-state index in [1.165, 1.54) is 28.9 Å². The Bertz CT molecular complexity index is 846. The highest BCUT2D eigenvalue weighted by molar-refractivity contribution is 5.92. The van der Waals surface area contributed by atoms with Gasteiger partial charge in [0.2, 0.25) is 0 Å². The van der Waals surface area contributed by atoms with Gasteiger partial charge in [0.05, 0.1) is 6.10 Å². The van der Waals surface area contributed by atoms with Gasteiger partial charge in [0.25, 0.3) is 11.5 Å². The lowest BCUT2D eigenvalue weighted by Gasteiger charge is -2.25. The van der Waals surface area contributed by atoms with Crippen molar-refractivity contribution in [1.29, 1.82) is 0 Å². The molecule has 0 bridgehead atoms. The van der Waals surface area contributed by atoms with Crippen molar-refractivity contribution in [3.05, 3.63) is 63.8 Å². The van der Waals surface area contributed by atoms with Crippen LogP contribution < -0.4 is 5.56 Å². The number of aryl methyl sites for hydroxylation is 1. The molecule has 27 heavy (non-hydrogen) atoms. The number of hydrogen-bond acceptors (Lipinski definition) is 4. The predicted molar refractivity (Wildman–Crippen MR) is 98.9 cm³/mol. The number of carbonyl (C=O) groups excluding carboxylic acids is 1. The SMILES string of the molecule is CCCn1nc(C(=O)N(Cc2cccc(F)c2)CC2CCCO2)ccc1=O. The summed E-state index contributed by atoms with van der Waals surface area (Å²) in [5.74, 6) is -0.633. The molecule has 2 aromatic rings. The Hall–Kier alpha value is -2.54. The number of amides is 1. The van der Waals surface area contributed by atoms with Crippen LogP contribution >= 0.6 is 0 Å². The summed E-state index contributed by atoms with van der Waals surface area (Å²) >= 11 is 0. The number of halogens is 1. The predicted octanol–water partition coefficient (Wildman–Crippen LogP) is 2.61. The van der Waals surface area contributed by atoms with E-state index in [0.29, 0.717) is 25.3 Å². The van der Waals surface area contributed by atoms with E-state index in [2.05, 4.69) is 5.10 Å². The average molecular weight is 373 g/mol. The second-order valence-electron chi connectivity index (χ2n) is 6.73. The molecule has 3 rings (SSSR count). The zero-order valence-corrected chi connectivity index (χ0v) is 15.4. The van der Waals surface area contributed by atoms with Crippen molar-refractivity contribution < 1.29 is 13.9 Å². The highest BCUT2D eigenvalue weighted by Gasteiger charge is 2.25. The van der Waals surface area contributed by atoms with E-state index in [1.54, 1.807) is 17.0 Å². The standard InChI is InChI=1S/C20H24FN3O3/c1-2-10-24-19(25)9-8-18(22-24)20(26)23(14-17-7-4-11-27-17)13-15-5-3-6-16(21)12-15/h3,5-6,8-9,12,17H,2,4,7,10-11,13-14H2,1H3. The molecule has 1 amide bonds. The fourth-order valence-electron chi connectivity index (χ4n) is 3.21. The minimum Gasteiger partial charge on any atom is -0.376 e. The molecule has 1 aliphatic heterocycles. The fourth-order valence-corrected chi connectivity index (χ4v) is 3.21. The summed E-state index contributed by atoms with van der Waals surface area (Å²) in [6.07, 6.45) is 2.55.